The van der Waals surface area contributed by atoms with Crippen molar-refractivity contribution in [3.05, 3.63) is 47.7 Å². The summed E-state index contributed by atoms with van der Waals surface area (Å²) in [6, 6.07) is 11.6. The second-order valence-electron chi connectivity index (χ2n) is 6.31. The zero-order chi connectivity index (χ0) is 16.9. The smallest absolute Gasteiger partial charge is 0.247 e. The molecule has 0 aliphatic carbocycles. The maximum atomic E-state index is 13.0. The normalized spacial score (nSPS) is 17.0. The largest absolute Gasteiger partial charge is 0.308 e. The number of rotatable bonds is 5. The number of hydrogen-bond acceptors (Lipinski definition) is 4. The molecule has 6 heteroatoms. The number of benzene rings is 1. The van der Waals surface area contributed by atoms with Crippen LogP contribution in [-0.2, 0) is 4.79 Å². The summed E-state index contributed by atoms with van der Waals surface area (Å²) in [5.74, 6) is 3.06. The van der Waals surface area contributed by atoms with Crippen molar-refractivity contribution in [2.24, 2.45) is 0 Å². The quantitative estimate of drug-likeness (QED) is 0.874. The summed E-state index contributed by atoms with van der Waals surface area (Å²) in [6.45, 7) is 6.04. The Morgan fingerprint density at radius 2 is 1.96 bits per heavy atom. The Morgan fingerprint density at radius 3 is 2.58 bits per heavy atom. The number of aromatic amines is 1. The van der Waals surface area contributed by atoms with Crippen molar-refractivity contribution in [2.75, 3.05) is 29.9 Å². The SMILES string of the molecule is CC(C)c1cc(NC(=O)C(c2ccccc2)N2CCSCC2)n[nH]1. The Morgan fingerprint density at radius 1 is 1.25 bits per heavy atom. The lowest BCUT2D eigenvalue weighted by atomic mass is 10.0. The van der Waals surface area contributed by atoms with Crippen LogP contribution in [0.2, 0.25) is 0 Å². The molecule has 1 aromatic heterocycles. The highest BCUT2D eigenvalue weighted by molar-refractivity contribution is 7.99. The molecular weight excluding hydrogens is 320 g/mol. The van der Waals surface area contributed by atoms with Gasteiger partial charge in [0.1, 0.15) is 6.04 Å². The monoisotopic (exact) mass is 344 g/mol. The van der Waals surface area contributed by atoms with Crippen LogP contribution in [0, 0.1) is 0 Å². The summed E-state index contributed by atoms with van der Waals surface area (Å²) in [5.41, 5.74) is 2.05. The number of nitrogens with one attached hydrogen (secondary N) is 2. The fourth-order valence-corrected chi connectivity index (χ4v) is 3.82. The van der Waals surface area contributed by atoms with E-state index < -0.39 is 0 Å². The Balaban J connectivity index is 1.80. The Labute approximate surface area is 147 Å². The molecule has 24 heavy (non-hydrogen) atoms. The van der Waals surface area contributed by atoms with E-state index in [9.17, 15) is 4.79 Å². The zero-order valence-corrected chi connectivity index (χ0v) is 15.0. The minimum absolute atomic E-state index is 0.0186. The van der Waals surface area contributed by atoms with Gasteiger partial charge in [-0.1, -0.05) is 44.2 Å². The van der Waals surface area contributed by atoms with Gasteiger partial charge in [0, 0.05) is 36.4 Å². The fourth-order valence-electron chi connectivity index (χ4n) is 2.89. The third kappa shape index (κ3) is 3.99. The maximum absolute atomic E-state index is 13.0. The van der Waals surface area contributed by atoms with Crippen LogP contribution in [0.1, 0.15) is 37.1 Å². The standard InChI is InChI=1S/C18H24N4OS/c1-13(2)15-12-16(21-20-15)19-18(23)17(14-6-4-3-5-7-14)22-8-10-24-11-9-22/h3-7,12-13,17H,8-11H2,1-2H3,(H2,19,20,21,23). The predicted molar refractivity (Wildman–Crippen MR) is 99.4 cm³/mol. The fraction of sp³-hybridized carbons (Fsp3) is 0.444. The zero-order valence-electron chi connectivity index (χ0n) is 14.2. The molecule has 2 N–H and O–H groups in total. The van der Waals surface area contributed by atoms with Crippen LogP contribution >= 0.6 is 11.8 Å². The van der Waals surface area contributed by atoms with Gasteiger partial charge < -0.3 is 5.32 Å². The third-order valence-electron chi connectivity index (χ3n) is 4.25. The summed E-state index contributed by atoms with van der Waals surface area (Å²) in [4.78, 5) is 15.2. The van der Waals surface area contributed by atoms with Gasteiger partial charge in [-0.2, -0.15) is 16.9 Å². The van der Waals surface area contributed by atoms with Crippen molar-refractivity contribution in [3.63, 3.8) is 0 Å². The highest BCUT2D eigenvalue weighted by Crippen LogP contribution is 2.26. The molecule has 1 amide bonds. The van der Waals surface area contributed by atoms with Gasteiger partial charge in [0.25, 0.3) is 0 Å². The minimum atomic E-state index is -0.272. The van der Waals surface area contributed by atoms with Crippen molar-refractivity contribution < 1.29 is 4.79 Å². The van der Waals surface area contributed by atoms with Gasteiger partial charge in [-0.3, -0.25) is 14.8 Å². The molecule has 1 unspecified atom stereocenters. The van der Waals surface area contributed by atoms with Gasteiger partial charge in [-0.05, 0) is 11.5 Å². The van der Waals surface area contributed by atoms with Gasteiger partial charge in [0.05, 0.1) is 0 Å². The Kier molecular flexibility index (Phi) is 5.58. The van der Waals surface area contributed by atoms with Crippen molar-refractivity contribution in [1.82, 2.24) is 15.1 Å². The lowest BCUT2D eigenvalue weighted by molar-refractivity contribution is -0.121. The number of H-pyrrole nitrogens is 1. The van der Waals surface area contributed by atoms with Gasteiger partial charge in [0.2, 0.25) is 5.91 Å². The molecule has 1 fully saturated rings. The molecule has 128 valence electrons. The first-order valence-electron chi connectivity index (χ1n) is 8.38. The molecule has 5 nitrogen and oxygen atoms in total. The molecule has 0 bridgehead atoms. The molecule has 1 atom stereocenters. The van der Waals surface area contributed by atoms with Crippen LogP contribution in [0.5, 0.6) is 0 Å². The van der Waals surface area contributed by atoms with E-state index in [0.29, 0.717) is 11.7 Å². The Bertz CT molecular complexity index is 665. The number of aromatic nitrogens is 2. The average Bonchev–Trinajstić information content (AvgIpc) is 3.06. The molecule has 0 spiro atoms. The van der Waals surface area contributed by atoms with Crippen molar-refractivity contribution in [3.8, 4) is 0 Å². The van der Waals surface area contributed by atoms with E-state index in [0.717, 1.165) is 35.9 Å². The molecular formula is C18H24N4OS. The van der Waals surface area contributed by atoms with Crippen LogP contribution < -0.4 is 5.32 Å². The number of hydrogen-bond donors (Lipinski definition) is 2. The molecule has 2 heterocycles. The van der Waals surface area contributed by atoms with Crippen LogP contribution in [0.3, 0.4) is 0 Å². The molecule has 1 saturated heterocycles. The summed E-state index contributed by atoms with van der Waals surface area (Å²) in [7, 11) is 0. The first kappa shape index (κ1) is 17.0. The predicted octanol–water partition coefficient (Wildman–Crippen LogP) is 3.26. The summed E-state index contributed by atoms with van der Waals surface area (Å²) >= 11 is 1.94. The first-order valence-corrected chi connectivity index (χ1v) is 9.53. The number of anilines is 1. The van der Waals surface area contributed by atoms with E-state index in [-0.39, 0.29) is 11.9 Å². The molecule has 1 aromatic carbocycles. The lowest BCUT2D eigenvalue weighted by Gasteiger charge is -2.33. The van der Waals surface area contributed by atoms with Crippen LogP contribution in [0.4, 0.5) is 5.82 Å². The summed E-state index contributed by atoms with van der Waals surface area (Å²) in [6.07, 6.45) is 0. The topological polar surface area (TPSA) is 61.0 Å². The summed E-state index contributed by atoms with van der Waals surface area (Å²) < 4.78 is 0. The van der Waals surface area contributed by atoms with E-state index >= 15 is 0 Å². The van der Waals surface area contributed by atoms with Crippen molar-refractivity contribution in [1.29, 1.82) is 0 Å². The van der Waals surface area contributed by atoms with Crippen LogP contribution in [-0.4, -0.2) is 45.6 Å². The highest BCUT2D eigenvalue weighted by Gasteiger charge is 2.29. The molecule has 1 aliphatic rings. The van der Waals surface area contributed by atoms with E-state index in [1.54, 1.807) is 0 Å². The number of carbonyl (C=O) groups excluding carboxylic acids is 1. The van der Waals surface area contributed by atoms with E-state index in [1.165, 1.54) is 0 Å². The van der Waals surface area contributed by atoms with Crippen molar-refractivity contribution >= 4 is 23.5 Å². The highest BCUT2D eigenvalue weighted by atomic mass is 32.2. The van der Waals surface area contributed by atoms with Gasteiger partial charge in [-0.15, -0.1) is 0 Å². The molecule has 0 radical (unpaired) electrons. The summed E-state index contributed by atoms with van der Waals surface area (Å²) in [5, 5.41) is 10.2. The van der Waals surface area contributed by atoms with Crippen molar-refractivity contribution in [2.45, 2.75) is 25.8 Å². The van der Waals surface area contributed by atoms with E-state index in [2.05, 4.69) is 34.3 Å². The molecule has 0 saturated carbocycles. The minimum Gasteiger partial charge on any atom is -0.308 e. The first-order chi connectivity index (χ1) is 11.6. The average molecular weight is 344 g/mol. The third-order valence-corrected chi connectivity index (χ3v) is 5.19. The van der Waals surface area contributed by atoms with E-state index in [1.807, 2.05) is 48.2 Å². The van der Waals surface area contributed by atoms with Crippen LogP contribution in [0.15, 0.2) is 36.4 Å². The van der Waals surface area contributed by atoms with Crippen LogP contribution in [0.25, 0.3) is 0 Å². The van der Waals surface area contributed by atoms with Gasteiger partial charge >= 0.3 is 0 Å². The number of carbonyl (C=O) groups is 1. The lowest BCUT2D eigenvalue weighted by Crippen LogP contribution is -2.42. The molecule has 2 aromatic rings. The number of amides is 1. The van der Waals surface area contributed by atoms with Gasteiger partial charge in [-0.25, -0.2) is 0 Å². The second kappa shape index (κ2) is 7.85. The Hall–Kier alpha value is -1.79. The van der Waals surface area contributed by atoms with Gasteiger partial charge in [0.15, 0.2) is 5.82 Å². The maximum Gasteiger partial charge on any atom is 0.247 e. The molecule has 1 aliphatic heterocycles. The van der Waals surface area contributed by atoms with E-state index in [4.69, 9.17) is 0 Å². The second-order valence-corrected chi connectivity index (χ2v) is 7.54. The number of thioether (sulfide) groups is 1. The number of nitrogens with zero attached hydrogens (tertiary/aromatic N) is 2. The molecule has 3 rings (SSSR count).